The number of nitrogens with one attached hydrogen (secondary N) is 1. The standard InChI is InChI=1S/C15H27NO4/c1-10-6-7-11(2)15(8-10,9-12(17)18)16-13(19)20-14(3,4)5/h10-11H,6-9H2,1-5H3,(H,16,19)(H,17,18). The molecule has 2 N–H and O–H groups in total. The Morgan fingerprint density at radius 1 is 1.30 bits per heavy atom. The van der Waals surface area contributed by atoms with E-state index in [2.05, 4.69) is 12.2 Å². The number of carboxylic acids is 1. The first kappa shape index (κ1) is 16.8. The van der Waals surface area contributed by atoms with Crippen molar-refractivity contribution >= 4 is 12.1 Å². The molecule has 1 rings (SSSR count). The Bertz CT molecular complexity index is 375. The summed E-state index contributed by atoms with van der Waals surface area (Å²) in [6.45, 7) is 9.49. The van der Waals surface area contributed by atoms with Crippen LogP contribution in [-0.2, 0) is 9.53 Å². The maximum Gasteiger partial charge on any atom is 0.408 e. The number of carbonyl (C=O) groups is 2. The van der Waals surface area contributed by atoms with Gasteiger partial charge in [0.2, 0.25) is 0 Å². The molecule has 0 aromatic heterocycles. The molecule has 0 radical (unpaired) electrons. The molecule has 20 heavy (non-hydrogen) atoms. The fourth-order valence-corrected chi connectivity index (χ4v) is 2.98. The lowest BCUT2D eigenvalue weighted by Gasteiger charge is -2.44. The first-order chi connectivity index (χ1) is 9.04. The van der Waals surface area contributed by atoms with Gasteiger partial charge in [-0.25, -0.2) is 4.79 Å². The van der Waals surface area contributed by atoms with Gasteiger partial charge < -0.3 is 15.2 Å². The lowest BCUT2D eigenvalue weighted by molar-refractivity contribution is -0.140. The number of rotatable bonds is 3. The van der Waals surface area contributed by atoms with Crippen LogP contribution in [0.1, 0.15) is 60.3 Å². The topological polar surface area (TPSA) is 75.6 Å². The van der Waals surface area contributed by atoms with Gasteiger partial charge >= 0.3 is 12.1 Å². The third-order valence-corrected chi connectivity index (χ3v) is 3.97. The highest BCUT2D eigenvalue weighted by atomic mass is 16.6. The van der Waals surface area contributed by atoms with Crippen LogP contribution in [0.25, 0.3) is 0 Å². The number of aliphatic carboxylic acids is 1. The summed E-state index contributed by atoms with van der Waals surface area (Å²) in [4.78, 5) is 23.2. The summed E-state index contributed by atoms with van der Waals surface area (Å²) in [5.74, 6) is -0.357. The van der Waals surface area contributed by atoms with Gasteiger partial charge in [-0.1, -0.05) is 20.3 Å². The van der Waals surface area contributed by atoms with Crippen LogP contribution in [0.3, 0.4) is 0 Å². The zero-order chi connectivity index (χ0) is 15.6. The average molecular weight is 285 g/mol. The Hall–Kier alpha value is -1.26. The van der Waals surface area contributed by atoms with Crippen LogP contribution in [-0.4, -0.2) is 28.3 Å². The maximum atomic E-state index is 12.0. The molecule has 5 heteroatoms. The van der Waals surface area contributed by atoms with Gasteiger partial charge in [-0.05, 0) is 45.4 Å². The minimum absolute atomic E-state index is 0.0578. The van der Waals surface area contributed by atoms with E-state index in [1.165, 1.54) is 0 Å². The van der Waals surface area contributed by atoms with Crippen LogP contribution in [0.2, 0.25) is 0 Å². The van der Waals surface area contributed by atoms with E-state index >= 15 is 0 Å². The van der Waals surface area contributed by atoms with E-state index in [0.717, 1.165) is 12.8 Å². The highest BCUT2D eigenvalue weighted by molar-refractivity contribution is 5.73. The van der Waals surface area contributed by atoms with Crippen molar-refractivity contribution in [3.63, 3.8) is 0 Å². The number of amides is 1. The molecule has 1 saturated carbocycles. The zero-order valence-corrected chi connectivity index (χ0v) is 13.2. The van der Waals surface area contributed by atoms with E-state index in [1.54, 1.807) is 20.8 Å². The van der Waals surface area contributed by atoms with Crippen molar-refractivity contribution < 1.29 is 19.4 Å². The molecule has 5 nitrogen and oxygen atoms in total. The molecule has 1 aliphatic carbocycles. The lowest BCUT2D eigenvalue weighted by atomic mass is 9.68. The molecule has 0 aromatic rings. The smallest absolute Gasteiger partial charge is 0.408 e. The maximum absolute atomic E-state index is 12.0. The van der Waals surface area contributed by atoms with Crippen LogP contribution in [0.5, 0.6) is 0 Å². The largest absolute Gasteiger partial charge is 0.481 e. The minimum atomic E-state index is -0.887. The van der Waals surface area contributed by atoms with Gasteiger partial charge in [0.1, 0.15) is 5.60 Å². The molecule has 1 aliphatic rings. The van der Waals surface area contributed by atoms with Crippen LogP contribution < -0.4 is 5.32 Å². The molecule has 0 aliphatic heterocycles. The van der Waals surface area contributed by atoms with E-state index in [4.69, 9.17) is 4.74 Å². The van der Waals surface area contributed by atoms with Crippen molar-refractivity contribution in [2.75, 3.05) is 0 Å². The quantitative estimate of drug-likeness (QED) is 0.835. The Kier molecular flexibility index (Phi) is 5.05. The minimum Gasteiger partial charge on any atom is -0.481 e. The van der Waals surface area contributed by atoms with E-state index in [-0.39, 0.29) is 12.3 Å². The van der Waals surface area contributed by atoms with Gasteiger partial charge in [0.25, 0.3) is 0 Å². The Morgan fingerprint density at radius 2 is 1.90 bits per heavy atom. The number of alkyl carbamates (subject to hydrolysis) is 1. The third-order valence-electron chi connectivity index (χ3n) is 3.97. The van der Waals surface area contributed by atoms with Crippen molar-refractivity contribution in [2.45, 2.75) is 71.4 Å². The van der Waals surface area contributed by atoms with E-state index < -0.39 is 23.2 Å². The highest BCUT2D eigenvalue weighted by Gasteiger charge is 2.44. The zero-order valence-electron chi connectivity index (χ0n) is 13.2. The van der Waals surface area contributed by atoms with Crippen molar-refractivity contribution in [3.8, 4) is 0 Å². The Morgan fingerprint density at radius 3 is 2.40 bits per heavy atom. The van der Waals surface area contributed by atoms with Gasteiger partial charge in [-0.2, -0.15) is 0 Å². The van der Waals surface area contributed by atoms with Gasteiger partial charge in [0, 0.05) is 0 Å². The number of carboxylic acid groups (broad SMARTS) is 1. The predicted octanol–water partition coefficient (Wildman–Crippen LogP) is 3.18. The monoisotopic (exact) mass is 285 g/mol. The number of hydrogen-bond donors (Lipinski definition) is 2. The average Bonchev–Trinajstić information content (AvgIpc) is 2.19. The summed E-state index contributed by atoms with van der Waals surface area (Å²) >= 11 is 0. The van der Waals surface area contributed by atoms with Gasteiger partial charge in [-0.15, -0.1) is 0 Å². The Labute approximate surface area is 121 Å². The van der Waals surface area contributed by atoms with E-state index in [0.29, 0.717) is 12.3 Å². The summed E-state index contributed by atoms with van der Waals surface area (Å²) in [6.07, 6.45) is 2.08. The van der Waals surface area contributed by atoms with E-state index in [1.807, 2.05) is 6.92 Å². The lowest BCUT2D eigenvalue weighted by Crippen LogP contribution is -2.57. The number of carbonyl (C=O) groups excluding carboxylic acids is 1. The molecule has 1 fully saturated rings. The second-order valence-corrected chi connectivity index (χ2v) is 7.14. The highest BCUT2D eigenvalue weighted by Crippen LogP contribution is 2.39. The van der Waals surface area contributed by atoms with Crippen molar-refractivity contribution in [1.29, 1.82) is 0 Å². The molecule has 0 heterocycles. The molecule has 0 spiro atoms. The fraction of sp³-hybridized carbons (Fsp3) is 0.867. The molecule has 0 bridgehead atoms. The van der Waals surface area contributed by atoms with Crippen molar-refractivity contribution in [1.82, 2.24) is 5.32 Å². The van der Waals surface area contributed by atoms with Gasteiger partial charge in [0.15, 0.2) is 0 Å². The van der Waals surface area contributed by atoms with Crippen LogP contribution in [0.15, 0.2) is 0 Å². The second kappa shape index (κ2) is 6.02. The summed E-state index contributed by atoms with van der Waals surface area (Å²) in [5.41, 5.74) is -1.29. The van der Waals surface area contributed by atoms with Crippen molar-refractivity contribution in [2.24, 2.45) is 11.8 Å². The molecule has 0 aromatic carbocycles. The molecule has 3 atom stereocenters. The Balaban J connectivity index is 2.88. The predicted molar refractivity (Wildman–Crippen MR) is 76.5 cm³/mol. The molecule has 3 unspecified atom stereocenters. The summed E-state index contributed by atoms with van der Waals surface area (Å²) in [5, 5.41) is 12.0. The second-order valence-electron chi connectivity index (χ2n) is 7.14. The SMILES string of the molecule is CC1CCC(C)C(CC(=O)O)(NC(=O)OC(C)(C)C)C1. The normalized spacial score (nSPS) is 30.6. The van der Waals surface area contributed by atoms with Crippen LogP contribution in [0, 0.1) is 11.8 Å². The summed E-state index contributed by atoms with van der Waals surface area (Å²) < 4.78 is 5.29. The number of hydrogen-bond acceptors (Lipinski definition) is 3. The molecule has 116 valence electrons. The van der Waals surface area contributed by atoms with Crippen LogP contribution in [0.4, 0.5) is 4.79 Å². The third kappa shape index (κ3) is 4.69. The van der Waals surface area contributed by atoms with Gasteiger partial charge in [-0.3, -0.25) is 4.79 Å². The van der Waals surface area contributed by atoms with Gasteiger partial charge in [0.05, 0.1) is 12.0 Å². The summed E-state index contributed by atoms with van der Waals surface area (Å²) in [7, 11) is 0. The fourth-order valence-electron chi connectivity index (χ4n) is 2.98. The van der Waals surface area contributed by atoms with Crippen molar-refractivity contribution in [3.05, 3.63) is 0 Å². The molecular formula is C15H27NO4. The molecule has 0 saturated heterocycles. The first-order valence-electron chi connectivity index (χ1n) is 7.27. The number of ether oxygens (including phenoxy) is 1. The molecule has 1 amide bonds. The molecular weight excluding hydrogens is 258 g/mol. The van der Waals surface area contributed by atoms with E-state index in [9.17, 15) is 14.7 Å². The summed E-state index contributed by atoms with van der Waals surface area (Å²) in [6, 6.07) is 0. The van der Waals surface area contributed by atoms with Crippen LogP contribution >= 0.6 is 0 Å². The first-order valence-corrected chi connectivity index (χ1v) is 7.27.